The third kappa shape index (κ3) is 2.78. The standard InChI is InChI=1S/C9H15N5/c1-8(2)9-11-5-7-14(9)6-3-4-12-13-10/h5,7-8H,3-4,6H2,1-2H3. The molecule has 0 amide bonds. The van der Waals surface area contributed by atoms with Crippen molar-refractivity contribution >= 4 is 0 Å². The minimum Gasteiger partial charge on any atom is -0.335 e. The molecule has 0 N–H and O–H groups in total. The van der Waals surface area contributed by atoms with Crippen LogP contribution in [0, 0.1) is 0 Å². The highest BCUT2D eigenvalue weighted by molar-refractivity contribution is 4.97. The number of azide groups is 1. The molecule has 0 atom stereocenters. The van der Waals surface area contributed by atoms with Crippen LogP contribution in [0.2, 0.25) is 0 Å². The first-order valence-corrected chi connectivity index (χ1v) is 4.77. The molecule has 0 radical (unpaired) electrons. The number of nitrogens with zero attached hydrogens (tertiary/aromatic N) is 5. The molecular formula is C9H15N5. The second-order valence-electron chi connectivity index (χ2n) is 3.44. The van der Waals surface area contributed by atoms with E-state index in [-0.39, 0.29) is 0 Å². The van der Waals surface area contributed by atoms with Gasteiger partial charge in [-0.3, -0.25) is 0 Å². The lowest BCUT2D eigenvalue weighted by Crippen LogP contribution is -2.05. The maximum absolute atomic E-state index is 8.11. The number of rotatable bonds is 5. The lowest BCUT2D eigenvalue weighted by molar-refractivity contribution is 0.594. The van der Waals surface area contributed by atoms with E-state index in [1.54, 1.807) is 0 Å². The van der Waals surface area contributed by atoms with Crippen molar-refractivity contribution in [3.63, 3.8) is 0 Å². The minimum absolute atomic E-state index is 0.435. The van der Waals surface area contributed by atoms with Crippen molar-refractivity contribution in [1.82, 2.24) is 9.55 Å². The van der Waals surface area contributed by atoms with Crippen molar-refractivity contribution in [3.05, 3.63) is 28.7 Å². The molecule has 5 heteroatoms. The molecule has 0 saturated carbocycles. The molecule has 5 nitrogen and oxygen atoms in total. The minimum atomic E-state index is 0.435. The second-order valence-corrected chi connectivity index (χ2v) is 3.44. The van der Waals surface area contributed by atoms with Crippen LogP contribution in [0.5, 0.6) is 0 Å². The summed E-state index contributed by atoms with van der Waals surface area (Å²) in [6.45, 7) is 5.65. The maximum atomic E-state index is 8.11. The van der Waals surface area contributed by atoms with Gasteiger partial charge in [0.1, 0.15) is 5.82 Å². The van der Waals surface area contributed by atoms with Crippen molar-refractivity contribution in [2.75, 3.05) is 6.54 Å². The summed E-state index contributed by atoms with van der Waals surface area (Å²) in [4.78, 5) is 6.99. The van der Waals surface area contributed by atoms with Gasteiger partial charge in [0.05, 0.1) is 0 Å². The van der Waals surface area contributed by atoms with Crippen molar-refractivity contribution in [3.8, 4) is 0 Å². The second kappa shape index (κ2) is 5.29. The van der Waals surface area contributed by atoms with Crippen molar-refractivity contribution in [2.45, 2.75) is 32.7 Å². The topological polar surface area (TPSA) is 66.6 Å². The fraction of sp³-hybridized carbons (Fsp3) is 0.667. The summed E-state index contributed by atoms with van der Waals surface area (Å²) in [5.41, 5.74) is 8.11. The Bertz CT molecular complexity index is 322. The summed E-state index contributed by atoms with van der Waals surface area (Å²) >= 11 is 0. The molecule has 0 fully saturated rings. The number of aryl methyl sites for hydroxylation is 1. The molecule has 76 valence electrons. The van der Waals surface area contributed by atoms with Gasteiger partial charge in [-0.05, 0) is 12.0 Å². The smallest absolute Gasteiger partial charge is 0.111 e. The number of hydrogen-bond donors (Lipinski definition) is 0. The third-order valence-electron chi connectivity index (χ3n) is 1.98. The zero-order chi connectivity index (χ0) is 10.4. The van der Waals surface area contributed by atoms with E-state index in [9.17, 15) is 0 Å². The van der Waals surface area contributed by atoms with E-state index in [0.29, 0.717) is 12.5 Å². The number of hydrogen-bond acceptors (Lipinski definition) is 2. The average molecular weight is 193 g/mol. The zero-order valence-corrected chi connectivity index (χ0v) is 8.59. The van der Waals surface area contributed by atoms with Gasteiger partial charge in [-0.1, -0.05) is 19.0 Å². The molecule has 0 aliphatic carbocycles. The van der Waals surface area contributed by atoms with Crippen LogP contribution in [0.3, 0.4) is 0 Å². The van der Waals surface area contributed by atoms with Gasteiger partial charge >= 0.3 is 0 Å². The van der Waals surface area contributed by atoms with Crippen LogP contribution >= 0.6 is 0 Å². The average Bonchev–Trinajstić information content (AvgIpc) is 2.60. The van der Waals surface area contributed by atoms with E-state index in [2.05, 4.69) is 33.4 Å². The summed E-state index contributed by atoms with van der Waals surface area (Å²) < 4.78 is 2.11. The van der Waals surface area contributed by atoms with Gasteiger partial charge in [-0.2, -0.15) is 0 Å². The summed E-state index contributed by atoms with van der Waals surface area (Å²) in [6, 6.07) is 0. The Morgan fingerprint density at radius 1 is 1.64 bits per heavy atom. The lowest BCUT2D eigenvalue weighted by Gasteiger charge is -2.08. The maximum Gasteiger partial charge on any atom is 0.111 e. The number of imidazole rings is 1. The molecule has 1 heterocycles. The first-order chi connectivity index (χ1) is 6.75. The summed E-state index contributed by atoms with van der Waals surface area (Å²) in [5.74, 6) is 1.52. The summed E-state index contributed by atoms with van der Waals surface area (Å²) in [6.07, 6.45) is 4.63. The Labute approximate surface area is 83.4 Å². The molecule has 0 aliphatic heterocycles. The monoisotopic (exact) mass is 193 g/mol. The highest BCUT2D eigenvalue weighted by Gasteiger charge is 2.05. The van der Waals surface area contributed by atoms with Crippen LogP contribution in [-0.4, -0.2) is 16.1 Å². The number of aromatic nitrogens is 2. The van der Waals surface area contributed by atoms with Crippen LogP contribution in [0.25, 0.3) is 10.4 Å². The fourth-order valence-corrected chi connectivity index (χ4v) is 1.37. The molecule has 0 unspecified atom stereocenters. The Hall–Kier alpha value is -1.48. The van der Waals surface area contributed by atoms with E-state index in [4.69, 9.17) is 5.53 Å². The molecule has 1 rings (SSSR count). The lowest BCUT2D eigenvalue weighted by atomic mass is 10.2. The van der Waals surface area contributed by atoms with Crippen molar-refractivity contribution in [1.29, 1.82) is 0 Å². The molecule has 0 spiro atoms. The Kier molecular flexibility index (Phi) is 4.01. The first kappa shape index (κ1) is 10.6. The van der Waals surface area contributed by atoms with Crippen molar-refractivity contribution in [2.24, 2.45) is 5.11 Å². The van der Waals surface area contributed by atoms with E-state index in [1.807, 2.05) is 12.4 Å². The predicted octanol–water partition coefficient (Wildman–Crippen LogP) is 2.71. The third-order valence-corrected chi connectivity index (χ3v) is 1.98. The zero-order valence-electron chi connectivity index (χ0n) is 8.59. The van der Waals surface area contributed by atoms with Gasteiger partial charge in [-0.15, -0.1) is 0 Å². The normalized spacial score (nSPS) is 10.2. The largest absolute Gasteiger partial charge is 0.335 e. The van der Waals surface area contributed by atoms with Gasteiger partial charge in [0, 0.05) is 36.3 Å². The van der Waals surface area contributed by atoms with Crippen LogP contribution in [0.4, 0.5) is 0 Å². The quantitative estimate of drug-likeness (QED) is 0.307. The van der Waals surface area contributed by atoms with Crippen LogP contribution in [-0.2, 0) is 6.54 Å². The first-order valence-electron chi connectivity index (χ1n) is 4.77. The molecule has 0 saturated heterocycles. The van der Waals surface area contributed by atoms with Crippen LogP contribution < -0.4 is 0 Å². The van der Waals surface area contributed by atoms with Crippen LogP contribution in [0.15, 0.2) is 17.5 Å². The SMILES string of the molecule is CC(C)c1nccn1CCCN=[N+]=[N-]. The molecular weight excluding hydrogens is 178 g/mol. The van der Waals surface area contributed by atoms with Crippen molar-refractivity contribution < 1.29 is 0 Å². The molecule has 1 aromatic heterocycles. The van der Waals surface area contributed by atoms with Gasteiger partial charge in [0.2, 0.25) is 0 Å². The fourth-order valence-electron chi connectivity index (χ4n) is 1.37. The molecule has 0 aromatic carbocycles. The molecule has 0 bridgehead atoms. The van der Waals surface area contributed by atoms with Gasteiger partial charge in [0.15, 0.2) is 0 Å². The van der Waals surface area contributed by atoms with E-state index < -0.39 is 0 Å². The molecule has 14 heavy (non-hydrogen) atoms. The summed E-state index contributed by atoms with van der Waals surface area (Å²) in [7, 11) is 0. The highest BCUT2D eigenvalue weighted by Crippen LogP contribution is 2.11. The van der Waals surface area contributed by atoms with E-state index in [0.717, 1.165) is 18.8 Å². The molecule has 1 aromatic rings. The van der Waals surface area contributed by atoms with E-state index in [1.165, 1.54) is 0 Å². The van der Waals surface area contributed by atoms with Gasteiger partial charge in [0.25, 0.3) is 0 Å². The predicted molar refractivity (Wildman–Crippen MR) is 54.9 cm³/mol. The van der Waals surface area contributed by atoms with Gasteiger partial charge < -0.3 is 4.57 Å². The van der Waals surface area contributed by atoms with Gasteiger partial charge in [-0.25, -0.2) is 4.98 Å². The van der Waals surface area contributed by atoms with Crippen LogP contribution in [0.1, 0.15) is 32.0 Å². The van der Waals surface area contributed by atoms with E-state index >= 15 is 0 Å². The highest BCUT2D eigenvalue weighted by atomic mass is 15.1. The Morgan fingerprint density at radius 2 is 2.43 bits per heavy atom. The Morgan fingerprint density at radius 3 is 3.07 bits per heavy atom. The summed E-state index contributed by atoms with van der Waals surface area (Å²) in [5, 5.41) is 3.49. The Balaban J connectivity index is 2.49. The molecule has 0 aliphatic rings.